The van der Waals surface area contributed by atoms with Crippen LogP contribution in [0.1, 0.15) is 43.5 Å². The number of benzene rings is 1. The molecule has 170 valence electrons. The zero-order valence-electron chi connectivity index (χ0n) is 18.8. The fourth-order valence-electron chi connectivity index (χ4n) is 3.93. The molecule has 0 bridgehead atoms. The fraction of sp³-hybridized carbons (Fsp3) is 0.609. The van der Waals surface area contributed by atoms with Gasteiger partial charge >= 0.3 is 0 Å². The lowest BCUT2D eigenvalue weighted by Crippen LogP contribution is -2.57. The quantitative estimate of drug-likeness (QED) is 0.713. The molecule has 0 aromatic heterocycles. The van der Waals surface area contributed by atoms with Crippen molar-refractivity contribution in [3.05, 3.63) is 23.8 Å². The molecular formula is C23H33N3O5. The number of hydrogen-bond donors (Lipinski definition) is 1. The molecule has 0 spiro atoms. The molecule has 1 aliphatic carbocycles. The Kier molecular flexibility index (Phi) is 7.41. The first-order chi connectivity index (χ1) is 14.8. The molecule has 3 amide bonds. The monoisotopic (exact) mass is 431 g/mol. The van der Waals surface area contributed by atoms with Crippen molar-refractivity contribution >= 4 is 17.7 Å². The van der Waals surface area contributed by atoms with Gasteiger partial charge < -0.3 is 24.6 Å². The summed E-state index contributed by atoms with van der Waals surface area (Å²) in [7, 11) is 3.04. The van der Waals surface area contributed by atoms with E-state index in [1.807, 2.05) is 18.7 Å². The Morgan fingerprint density at radius 1 is 0.935 bits per heavy atom. The lowest BCUT2D eigenvalue weighted by atomic mass is 9.84. The third kappa shape index (κ3) is 5.29. The molecule has 1 aliphatic heterocycles. The van der Waals surface area contributed by atoms with Crippen LogP contribution in [0, 0.1) is 11.8 Å². The van der Waals surface area contributed by atoms with Gasteiger partial charge in [0.1, 0.15) is 17.5 Å². The fourth-order valence-corrected chi connectivity index (χ4v) is 3.93. The van der Waals surface area contributed by atoms with Crippen LogP contribution in [0.25, 0.3) is 0 Å². The first-order valence-electron chi connectivity index (χ1n) is 11.0. The summed E-state index contributed by atoms with van der Waals surface area (Å²) in [6.07, 6.45) is 3.09. The third-order valence-corrected chi connectivity index (χ3v) is 6.19. The lowest BCUT2D eigenvalue weighted by Gasteiger charge is -2.39. The number of nitrogens with zero attached hydrogens (tertiary/aromatic N) is 2. The Bertz CT molecular complexity index is 791. The Morgan fingerprint density at radius 3 is 1.94 bits per heavy atom. The number of hydrogen-bond acceptors (Lipinski definition) is 5. The van der Waals surface area contributed by atoms with E-state index in [9.17, 15) is 14.4 Å². The summed E-state index contributed by atoms with van der Waals surface area (Å²) in [5, 5.41) is 2.88. The number of piperazine rings is 1. The molecule has 1 unspecified atom stereocenters. The van der Waals surface area contributed by atoms with E-state index in [0.717, 1.165) is 19.3 Å². The number of methoxy groups -OCH3 is 2. The highest BCUT2D eigenvalue weighted by Crippen LogP contribution is 2.28. The summed E-state index contributed by atoms with van der Waals surface area (Å²) in [5.41, 5.74) is 0.366. The standard InChI is InChI=1S/C23H33N3O5/c1-15(2)20(24-21(27)17-12-18(30-3)14-19(13-17)31-4)23(29)26-10-8-25(9-11-26)22(28)16-6-5-7-16/h12-16,20H,5-11H2,1-4H3,(H,24,27). The van der Waals surface area contributed by atoms with Crippen molar-refractivity contribution in [3.63, 3.8) is 0 Å². The van der Waals surface area contributed by atoms with Crippen molar-refractivity contribution in [1.82, 2.24) is 15.1 Å². The summed E-state index contributed by atoms with van der Waals surface area (Å²) >= 11 is 0. The van der Waals surface area contributed by atoms with E-state index in [0.29, 0.717) is 43.2 Å². The minimum absolute atomic E-state index is 0.0846. The number of rotatable bonds is 7. The summed E-state index contributed by atoms with van der Waals surface area (Å²) in [6.45, 7) is 5.89. The van der Waals surface area contributed by atoms with Gasteiger partial charge in [-0.2, -0.15) is 0 Å². The van der Waals surface area contributed by atoms with Crippen molar-refractivity contribution in [1.29, 1.82) is 0 Å². The van der Waals surface area contributed by atoms with Crippen molar-refractivity contribution in [2.24, 2.45) is 11.8 Å². The summed E-state index contributed by atoms with van der Waals surface area (Å²) in [5.74, 6) is 0.841. The number of nitrogens with one attached hydrogen (secondary N) is 1. The molecule has 1 N–H and O–H groups in total. The maximum absolute atomic E-state index is 13.2. The van der Waals surface area contributed by atoms with Gasteiger partial charge in [0.2, 0.25) is 11.8 Å². The third-order valence-electron chi connectivity index (χ3n) is 6.19. The number of carbonyl (C=O) groups is 3. The molecule has 1 saturated heterocycles. The molecular weight excluding hydrogens is 398 g/mol. The van der Waals surface area contributed by atoms with E-state index in [-0.39, 0.29) is 29.6 Å². The topological polar surface area (TPSA) is 88.2 Å². The van der Waals surface area contributed by atoms with Crippen LogP contribution in [0.5, 0.6) is 11.5 Å². The number of carbonyl (C=O) groups excluding carboxylic acids is 3. The van der Waals surface area contributed by atoms with Crippen LogP contribution in [0.4, 0.5) is 0 Å². The minimum atomic E-state index is -0.654. The van der Waals surface area contributed by atoms with Crippen LogP contribution in [0.15, 0.2) is 18.2 Å². The van der Waals surface area contributed by atoms with Gasteiger partial charge in [-0.25, -0.2) is 0 Å². The van der Waals surface area contributed by atoms with Gasteiger partial charge in [-0.05, 0) is 30.9 Å². The first kappa shape index (κ1) is 22.9. The molecule has 8 heteroatoms. The van der Waals surface area contributed by atoms with Crippen LogP contribution >= 0.6 is 0 Å². The number of amides is 3. The van der Waals surface area contributed by atoms with E-state index < -0.39 is 6.04 Å². The summed E-state index contributed by atoms with van der Waals surface area (Å²) < 4.78 is 10.5. The van der Waals surface area contributed by atoms with Crippen molar-refractivity contribution in [3.8, 4) is 11.5 Å². The first-order valence-corrected chi connectivity index (χ1v) is 11.0. The smallest absolute Gasteiger partial charge is 0.252 e. The average molecular weight is 432 g/mol. The van der Waals surface area contributed by atoms with Gasteiger partial charge in [0.15, 0.2) is 0 Å². The average Bonchev–Trinajstić information content (AvgIpc) is 2.75. The van der Waals surface area contributed by atoms with Crippen LogP contribution < -0.4 is 14.8 Å². The minimum Gasteiger partial charge on any atom is -0.497 e. The highest BCUT2D eigenvalue weighted by Gasteiger charge is 2.34. The van der Waals surface area contributed by atoms with Gasteiger partial charge in [-0.3, -0.25) is 14.4 Å². The predicted octanol–water partition coefficient (Wildman–Crippen LogP) is 1.93. The van der Waals surface area contributed by atoms with E-state index in [4.69, 9.17) is 9.47 Å². The second-order valence-electron chi connectivity index (χ2n) is 8.57. The predicted molar refractivity (Wildman–Crippen MR) is 116 cm³/mol. The lowest BCUT2D eigenvalue weighted by molar-refractivity contribution is -0.145. The van der Waals surface area contributed by atoms with Crippen molar-refractivity contribution in [2.45, 2.75) is 39.2 Å². The highest BCUT2D eigenvalue weighted by molar-refractivity contribution is 5.98. The van der Waals surface area contributed by atoms with Crippen LogP contribution in [-0.2, 0) is 9.59 Å². The highest BCUT2D eigenvalue weighted by atomic mass is 16.5. The van der Waals surface area contributed by atoms with Gasteiger partial charge in [0.25, 0.3) is 5.91 Å². The molecule has 2 fully saturated rings. The maximum atomic E-state index is 13.2. The van der Waals surface area contributed by atoms with Crippen molar-refractivity contribution in [2.75, 3.05) is 40.4 Å². The molecule has 1 aromatic rings. The van der Waals surface area contributed by atoms with E-state index in [1.54, 1.807) is 23.1 Å². The summed E-state index contributed by atoms with van der Waals surface area (Å²) in [4.78, 5) is 42.2. The van der Waals surface area contributed by atoms with Gasteiger partial charge in [-0.15, -0.1) is 0 Å². The van der Waals surface area contributed by atoms with E-state index in [1.165, 1.54) is 14.2 Å². The largest absolute Gasteiger partial charge is 0.497 e. The van der Waals surface area contributed by atoms with Gasteiger partial charge in [0, 0.05) is 43.7 Å². The molecule has 1 atom stereocenters. The second kappa shape index (κ2) is 10.0. The maximum Gasteiger partial charge on any atom is 0.252 e. The molecule has 31 heavy (non-hydrogen) atoms. The SMILES string of the molecule is COc1cc(OC)cc(C(=O)NC(C(=O)N2CCN(C(=O)C3CCC3)CC2)C(C)C)c1. The summed E-state index contributed by atoms with van der Waals surface area (Å²) in [6, 6.07) is 4.26. The molecule has 3 rings (SSSR count). The Morgan fingerprint density at radius 2 is 1.48 bits per heavy atom. The number of ether oxygens (including phenoxy) is 2. The zero-order chi connectivity index (χ0) is 22.5. The zero-order valence-corrected chi connectivity index (χ0v) is 18.8. The van der Waals surface area contributed by atoms with Gasteiger partial charge in [0.05, 0.1) is 14.2 Å². The van der Waals surface area contributed by atoms with E-state index in [2.05, 4.69) is 5.32 Å². The molecule has 2 aliphatic rings. The Hall–Kier alpha value is -2.77. The van der Waals surface area contributed by atoms with Crippen molar-refractivity contribution < 1.29 is 23.9 Å². The molecule has 1 aromatic carbocycles. The van der Waals surface area contributed by atoms with Gasteiger partial charge in [-0.1, -0.05) is 20.3 Å². The van der Waals surface area contributed by atoms with Crippen LogP contribution in [0.2, 0.25) is 0 Å². The molecule has 0 radical (unpaired) electrons. The molecule has 8 nitrogen and oxygen atoms in total. The normalized spacial score (nSPS) is 17.7. The Balaban J connectivity index is 1.63. The second-order valence-corrected chi connectivity index (χ2v) is 8.57. The Labute approximate surface area is 183 Å². The molecule has 1 heterocycles. The van der Waals surface area contributed by atoms with Crippen LogP contribution in [-0.4, -0.2) is 74.0 Å². The molecule has 1 saturated carbocycles. The van der Waals surface area contributed by atoms with E-state index >= 15 is 0 Å². The van der Waals surface area contributed by atoms with Crippen LogP contribution in [0.3, 0.4) is 0 Å².